The van der Waals surface area contributed by atoms with E-state index in [-0.39, 0.29) is 18.3 Å². The van der Waals surface area contributed by atoms with Crippen LogP contribution in [0, 0.1) is 11.8 Å². The minimum Gasteiger partial charge on any atom is -0.342 e. The summed E-state index contributed by atoms with van der Waals surface area (Å²) in [5, 5.41) is 9.76. The fourth-order valence-corrected chi connectivity index (χ4v) is 5.61. The van der Waals surface area contributed by atoms with Crippen molar-refractivity contribution < 1.29 is 4.79 Å². The standard InChI is InChI=1S/C29H43N3O.ClH/c33-29(21-27-13-8-12-26-11-4-5-14-28(26)27)32-19-15-25(16-20-32)23-31-18-7-6-17-30-22-24-9-2-1-3-10-24;/h4-5,8,11-14,24-25,30-31H,1-3,6-7,9-10,15-23H2;1H. The number of carbonyl (C=O) groups excluding carboxylic acids is 1. The van der Waals surface area contributed by atoms with Gasteiger partial charge in [0.1, 0.15) is 0 Å². The lowest BCUT2D eigenvalue weighted by molar-refractivity contribution is -0.131. The molecule has 0 atom stereocenters. The highest BCUT2D eigenvalue weighted by Gasteiger charge is 2.23. The molecular weight excluding hydrogens is 442 g/mol. The van der Waals surface area contributed by atoms with E-state index in [0.29, 0.717) is 12.3 Å². The molecule has 34 heavy (non-hydrogen) atoms. The fourth-order valence-electron chi connectivity index (χ4n) is 5.61. The largest absolute Gasteiger partial charge is 0.342 e. The monoisotopic (exact) mass is 485 g/mol. The number of amides is 1. The molecule has 1 aliphatic heterocycles. The number of nitrogens with one attached hydrogen (secondary N) is 2. The van der Waals surface area contributed by atoms with Crippen molar-refractivity contribution in [2.45, 2.75) is 64.2 Å². The number of likely N-dealkylation sites (tertiary alicyclic amines) is 1. The maximum absolute atomic E-state index is 12.9. The summed E-state index contributed by atoms with van der Waals surface area (Å²) in [7, 11) is 0. The first-order valence-electron chi connectivity index (χ1n) is 13.5. The third kappa shape index (κ3) is 8.25. The van der Waals surface area contributed by atoms with E-state index in [4.69, 9.17) is 0 Å². The molecule has 188 valence electrons. The predicted octanol–water partition coefficient (Wildman–Crippen LogP) is 5.58. The van der Waals surface area contributed by atoms with Gasteiger partial charge in [-0.05, 0) is 92.9 Å². The molecule has 0 spiro atoms. The maximum Gasteiger partial charge on any atom is 0.227 e. The molecule has 0 radical (unpaired) electrons. The van der Waals surface area contributed by atoms with Gasteiger partial charge in [-0.2, -0.15) is 0 Å². The van der Waals surface area contributed by atoms with Gasteiger partial charge in [0.05, 0.1) is 6.42 Å². The minimum atomic E-state index is 0. The van der Waals surface area contributed by atoms with Crippen LogP contribution in [0.3, 0.4) is 0 Å². The van der Waals surface area contributed by atoms with Crippen molar-refractivity contribution in [3.63, 3.8) is 0 Å². The van der Waals surface area contributed by atoms with Gasteiger partial charge in [-0.3, -0.25) is 4.79 Å². The highest BCUT2D eigenvalue weighted by Crippen LogP contribution is 2.23. The fraction of sp³-hybridized carbons (Fsp3) is 0.621. The van der Waals surface area contributed by atoms with E-state index in [1.165, 1.54) is 62.3 Å². The van der Waals surface area contributed by atoms with Crippen molar-refractivity contribution in [3.05, 3.63) is 48.0 Å². The average Bonchev–Trinajstić information content (AvgIpc) is 2.87. The minimum absolute atomic E-state index is 0. The summed E-state index contributed by atoms with van der Waals surface area (Å²) in [6.07, 6.45) is 12.5. The molecule has 2 aromatic rings. The zero-order valence-corrected chi connectivity index (χ0v) is 21.6. The van der Waals surface area contributed by atoms with Crippen LogP contribution in [0.2, 0.25) is 0 Å². The molecule has 5 heteroatoms. The van der Waals surface area contributed by atoms with Crippen molar-refractivity contribution in [2.24, 2.45) is 11.8 Å². The summed E-state index contributed by atoms with van der Waals surface area (Å²) in [6, 6.07) is 14.6. The van der Waals surface area contributed by atoms with Gasteiger partial charge in [0, 0.05) is 13.1 Å². The Balaban J connectivity index is 0.00000324. The molecule has 1 saturated carbocycles. The van der Waals surface area contributed by atoms with Crippen molar-refractivity contribution in [1.82, 2.24) is 15.5 Å². The lowest BCUT2D eigenvalue weighted by Gasteiger charge is -2.32. The Morgan fingerprint density at radius 3 is 2.12 bits per heavy atom. The van der Waals surface area contributed by atoms with E-state index >= 15 is 0 Å². The third-order valence-electron chi connectivity index (χ3n) is 7.74. The number of rotatable bonds is 11. The zero-order valence-electron chi connectivity index (χ0n) is 20.8. The van der Waals surface area contributed by atoms with Crippen LogP contribution in [-0.2, 0) is 11.2 Å². The number of nitrogens with zero attached hydrogens (tertiary/aromatic N) is 1. The van der Waals surface area contributed by atoms with Crippen LogP contribution < -0.4 is 10.6 Å². The Hall–Kier alpha value is -1.62. The number of benzene rings is 2. The van der Waals surface area contributed by atoms with Crippen molar-refractivity contribution >= 4 is 29.1 Å². The first-order valence-corrected chi connectivity index (χ1v) is 13.5. The van der Waals surface area contributed by atoms with Gasteiger partial charge >= 0.3 is 0 Å². The van der Waals surface area contributed by atoms with Crippen molar-refractivity contribution in [3.8, 4) is 0 Å². The Bertz CT molecular complexity index is 854. The van der Waals surface area contributed by atoms with Crippen LogP contribution in [0.15, 0.2) is 42.5 Å². The molecule has 4 nitrogen and oxygen atoms in total. The number of hydrogen-bond donors (Lipinski definition) is 2. The summed E-state index contributed by atoms with van der Waals surface area (Å²) < 4.78 is 0. The molecule has 2 aliphatic rings. The number of hydrogen-bond acceptors (Lipinski definition) is 3. The molecule has 1 amide bonds. The summed E-state index contributed by atoms with van der Waals surface area (Å²) in [5.41, 5.74) is 1.15. The maximum atomic E-state index is 12.9. The Morgan fingerprint density at radius 1 is 0.794 bits per heavy atom. The van der Waals surface area contributed by atoms with Crippen LogP contribution in [-0.4, -0.2) is 50.1 Å². The molecule has 0 unspecified atom stereocenters. The molecule has 1 saturated heterocycles. The van der Waals surface area contributed by atoms with Gasteiger partial charge in [-0.1, -0.05) is 61.7 Å². The van der Waals surface area contributed by atoms with Crippen molar-refractivity contribution in [2.75, 3.05) is 39.3 Å². The van der Waals surface area contributed by atoms with Crippen molar-refractivity contribution in [1.29, 1.82) is 0 Å². The van der Waals surface area contributed by atoms with Crippen LogP contribution in [0.1, 0.15) is 63.4 Å². The SMILES string of the molecule is Cl.O=C(Cc1cccc2ccccc12)N1CCC(CNCCCCNCC2CCCCC2)CC1. The molecule has 2 N–H and O–H groups in total. The summed E-state index contributed by atoms with van der Waals surface area (Å²) in [6.45, 7) is 6.41. The number of unbranched alkanes of at least 4 members (excludes halogenated alkanes) is 1. The topological polar surface area (TPSA) is 44.4 Å². The van der Waals surface area contributed by atoms with Gasteiger partial charge < -0.3 is 15.5 Å². The van der Waals surface area contributed by atoms with Gasteiger partial charge in [-0.25, -0.2) is 0 Å². The van der Waals surface area contributed by atoms with Gasteiger partial charge in [0.25, 0.3) is 0 Å². The second kappa shape index (κ2) is 14.7. The first kappa shape index (κ1) is 27.0. The van der Waals surface area contributed by atoms with Gasteiger partial charge in [-0.15, -0.1) is 12.4 Å². The van der Waals surface area contributed by atoms with E-state index in [1.807, 2.05) is 0 Å². The molecule has 1 aliphatic carbocycles. The Kier molecular flexibility index (Phi) is 11.7. The normalized spacial score (nSPS) is 17.6. The molecule has 4 rings (SSSR count). The quantitative estimate of drug-likeness (QED) is 0.408. The lowest BCUT2D eigenvalue weighted by atomic mass is 9.89. The van der Waals surface area contributed by atoms with Crippen LogP contribution >= 0.6 is 12.4 Å². The Labute approximate surface area is 212 Å². The molecule has 2 fully saturated rings. The predicted molar refractivity (Wildman–Crippen MR) is 146 cm³/mol. The van der Waals surface area contributed by atoms with E-state index in [1.54, 1.807) is 0 Å². The first-order chi connectivity index (χ1) is 16.3. The number of fused-ring (bicyclic) bond motifs is 1. The number of carbonyl (C=O) groups is 1. The number of piperidine rings is 1. The summed E-state index contributed by atoms with van der Waals surface area (Å²) in [5.74, 6) is 1.91. The molecule has 1 heterocycles. The Morgan fingerprint density at radius 2 is 1.41 bits per heavy atom. The average molecular weight is 486 g/mol. The van der Waals surface area contributed by atoms with E-state index < -0.39 is 0 Å². The third-order valence-corrected chi connectivity index (χ3v) is 7.74. The highest BCUT2D eigenvalue weighted by molar-refractivity contribution is 5.90. The molecule has 0 bridgehead atoms. The zero-order chi connectivity index (χ0) is 22.7. The lowest BCUT2D eigenvalue weighted by Crippen LogP contribution is -2.41. The van der Waals surface area contributed by atoms with Crippen LogP contribution in [0.5, 0.6) is 0 Å². The summed E-state index contributed by atoms with van der Waals surface area (Å²) >= 11 is 0. The molecule has 0 aromatic heterocycles. The smallest absolute Gasteiger partial charge is 0.227 e. The van der Waals surface area contributed by atoms with Crippen LogP contribution in [0.25, 0.3) is 10.8 Å². The molecular formula is C29H44ClN3O. The van der Waals surface area contributed by atoms with Crippen LogP contribution in [0.4, 0.5) is 0 Å². The van der Waals surface area contributed by atoms with Gasteiger partial charge in [0.15, 0.2) is 0 Å². The number of halogens is 1. The molecule has 2 aromatic carbocycles. The van der Waals surface area contributed by atoms with Gasteiger partial charge in [0.2, 0.25) is 5.91 Å². The summed E-state index contributed by atoms with van der Waals surface area (Å²) in [4.78, 5) is 15.0. The van der Waals surface area contributed by atoms with E-state index in [0.717, 1.165) is 57.0 Å². The van der Waals surface area contributed by atoms with E-state index in [2.05, 4.69) is 58.0 Å². The second-order valence-electron chi connectivity index (χ2n) is 10.3. The van der Waals surface area contributed by atoms with E-state index in [9.17, 15) is 4.79 Å². The second-order valence-corrected chi connectivity index (χ2v) is 10.3. The highest BCUT2D eigenvalue weighted by atomic mass is 35.5.